The number of para-hydroxylation sites is 1. The SMILES string of the molecule is CCc1oc2c(N=[N+]=[N-])cccc2c1C. The summed E-state index contributed by atoms with van der Waals surface area (Å²) in [6.07, 6.45) is 0.843. The minimum atomic E-state index is 0.554. The average molecular weight is 201 g/mol. The van der Waals surface area contributed by atoms with Gasteiger partial charge >= 0.3 is 0 Å². The summed E-state index contributed by atoms with van der Waals surface area (Å²) in [6.45, 7) is 4.06. The Hall–Kier alpha value is -1.93. The number of fused-ring (bicyclic) bond motifs is 1. The van der Waals surface area contributed by atoms with Crippen LogP contribution in [0.3, 0.4) is 0 Å². The minimum Gasteiger partial charge on any atom is -0.460 e. The van der Waals surface area contributed by atoms with E-state index in [1.54, 1.807) is 6.07 Å². The molecule has 15 heavy (non-hydrogen) atoms. The third kappa shape index (κ3) is 1.45. The fraction of sp³-hybridized carbons (Fsp3) is 0.273. The highest BCUT2D eigenvalue weighted by Crippen LogP contribution is 2.32. The Morgan fingerprint density at radius 2 is 2.27 bits per heavy atom. The van der Waals surface area contributed by atoms with Crippen LogP contribution in [0.2, 0.25) is 0 Å². The second-order valence-corrected chi connectivity index (χ2v) is 3.35. The van der Waals surface area contributed by atoms with Crippen LogP contribution in [0.1, 0.15) is 18.2 Å². The Kier molecular flexibility index (Phi) is 2.35. The summed E-state index contributed by atoms with van der Waals surface area (Å²) in [6, 6.07) is 5.60. The molecule has 2 aromatic rings. The summed E-state index contributed by atoms with van der Waals surface area (Å²) < 4.78 is 5.67. The molecular formula is C11H11N3O. The van der Waals surface area contributed by atoms with E-state index in [2.05, 4.69) is 10.0 Å². The summed E-state index contributed by atoms with van der Waals surface area (Å²) in [5.74, 6) is 0.950. The van der Waals surface area contributed by atoms with Gasteiger partial charge in [0.25, 0.3) is 0 Å². The summed E-state index contributed by atoms with van der Waals surface area (Å²) in [5, 5.41) is 4.64. The van der Waals surface area contributed by atoms with Gasteiger partial charge in [-0.3, -0.25) is 0 Å². The Bertz CT molecular complexity index is 550. The maximum Gasteiger partial charge on any atom is 0.144 e. The molecule has 1 aromatic heterocycles. The first-order chi connectivity index (χ1) is 7.27. The number of furan rings is 1. The van der Waals surface area contributed by atoms with Crippen molar-refractivity contribution < 1.29 is 4.42 Å². The van der Waals surface area contributed by atoms with Crippen LogP contribution in [0.5, 0.6) is 0 Å². The monoisotopic (exact) mass is 201 g/mol. The van der Waals surface area contributed by atoms with E-state index >= 15 is 0 Å². The van der Waals surface area contributed by atoms with Gasteiger partial charge in [-0.25, -0.2) is 0 Å². The predicted molar refractivity (Wildman–Crippen MR) is 59.1 cm³/mol. The van der Waals surface area contributed by atoms with Crippen molar-refractivity contribution in [2.45, 2.75) is 20.3 Å². The molecule has 0 saturated heterocycles. The van der Waals surface area contributed by atoms with Crippen LogP contribution in [0, 0.1) is 6.92 Å². The van der Waals surface area contributed by atoms with Crippen molar-refractivity contribution in [3.8, 4) is 0 Å². The first kappa shape index (κ1) is 9.62. The molecule has 0 atom stereocenters. The Balaban J connectivity index is 2.81. The Morgan fingerprint density at radius 1 is 1.47 bits per heavy atom. The molecule has 0 amide bonds. The normalized spacial score (nSPS) is 10.3. The molecule has 0 unspecified atom stereocenters. The zero-order valence-electron chi connectivity index (χ0n) is 8.69. The number of aryl methyl sites for hydroxylation is 2. The van der Waals surface area contributed by atoms with Crippen molar-refractivity contribution in [3.63, 3.8) is 0 Å². The molecule has 0 bridgehead atoms. The van der Waals surface area contributed by atoms with Crippen molar-refractivity contribution in [3.05, 3.63) is 40.0 Å². The van der Waals surface area contributed by atoms with Crippen molar-refractivity contribution in [1.82, 2.24) is 0 Å². The fourth-order valence-corrected chi connectivity index (χ4v) is 1.74. The van der Waals surface area contributed by atoms with Gasteiger partial charge in [0, 0.05) is 16.7 Å². The van der Waals surface area contributed by atoms with E-state index in [-0.39, 0.29) is 0 Å². The highest BCUT2D eigenvalue weighted by molar-refractivity contribution is 5.90. The lowest BCUT2D eigenvalue weighted by molar-refractivity contribution is 0.554. The zero-order valence-corrected chi connectivity index (χ0v) is 8.69. The minimum absolute atomic E-state index is 0.554. The first-order valence-electron chi connectivity index (χ1n) is 4.84. The molecule has 0 N–H and O–H groups in total. The zero-order chi connectivity index (χ0) is 10.8. The summed E-state index contributed by atoms with van der Waals surface area (Å²) in [5.41, 5.74) is 10.8. The van der Waals surface area contributed by atoms with Crippen LogP contribution < -0.4 is 0 Å². The molecular weight excluding hydrogens is 190 g/mol. The van der Waals surface area contributed by atoms with E-state index < -0.39 is 0 Å². The van der Waals surface area contributed by atoms with Gasteiger partial charge < -0.3 is 4.42 Å². The van der Waals surface area contributed by atoms with Crippen LogP contribution in [-0.4, -0.2) is 0 Å². The highest BCUT2D eigenvalue weighted by atomic mass is 16.3. The summed E-state index contributed by atoms with van der Waals surface area (Å²) in [4.78, 5) is 2.79. The lowest BCUT2D eigenvalue weighted by atomic mass is 10.1. The van der Waals surface area contributed by atoms with Crippen LogP contribution >= 0.6 is 0 Å². The van der Waals surface area contributed by atoms with E-state index in [9.17, 15) is 0 Å². The van der Waals surface area contributed by atoms with Crippen molar-refractivity contribution >= 4 is 16.7 Å². The van der Waals surface area contributed by atoms with E-state index in [0.717, 1.165) is 23.1 Å². The standard InChI is InChI=1S/C11H11N3O/c1-3-10-7(2)8-5-4-6-9(13-14-12)11(8)15-10/h4-6H,3H2,1-2H3. The molecule has 0 saturated carbocycles. The number of hydrogen-bond acceptors (Lipinski definition) is 2. The number of nitrogens with zero attached hydrogens (tertiary/aromatic N) is 3. The van der Waals surface area contributed by atoms with E-state index in [1.165, 1.54) is 0 Å². The van der Waals surface area contributed by atoms with E-state index in [0.29, 0.717) is 11.3 Å². The van der Waals surface area contributed by atoms with Gasteiger partial charge in [-0.2, -0.15) is 0 Å². The topological polar surface area (TPSA) is 61.9 Å². The molecule has 4 heteroatoms. The largest absolute Gasteiger partial charge is 0.460 e. The number of hydrogen-bond donors (Lipinski definition) is 0. The number of azide groups is 1. The maximum absolute atomic E-state index is 8.43. The van der Waals surface area contributed by atoms with Gasteiger partial charge in [0.15, 0.2) is 0 Å². The Morgan fingerprint density at radius 3 is 2.93 bits per heavy atom. The highest BCUT2D eigenvalue weighted by Gasteiger charge is 2.10. The van der Waals surface area contributed by atoms with Gasteiger partial charge in [0.05, 0.1) is 5.69 Å². The third-order valence-corrected chi connectivity index (χ3v) is 2.52. The smallest absolute Gasteiger partial charge is 0.144 e. The second-order valence-electron chi connectivity index (χ2n) is 3.35. The van der Waals surface area contributed by atoms with Crippen LogP contribution in [0.15, 0.2) is 27.7 Å². The molecule has 2 rings (SSSR count). The van der Waals surface area contributed by atoms with Crippen molar-refractivity contribution in [2.24, 2.45) is 5.11 Å². The van der Waals surface area contributed by atoms with E-state index in [1.807, 2.05) is 26.0 Å². The molecule has 1 heterocycles. The van der Waals surface area contributed by atoms with E-state index in [4.69, 9.17) is 9.95 Å². The van der Waals surface area contributed by atoms with Gasteiger partial charge in [-0.05, 0) is 24.1 Å². The van der Waals surface area contributed by atoms with Crippen LogP contribution in [0.25, 0.3) is 21.4 Å². The molecule has 0 radical (unpaired) electrons. The first-order valence-corrected chi connectivity index (χ1v) is 4.84. The Labute approximate surface area is 87.1 Å². The molecule has 1 aromatic carbocycles. The van der Waals surface area contributed by atoms with Crippen LogP contribution in [0.4, 0.5) is 5.69 Å². The lowest BCUT2D eigenvalue weighted by Crippen LogP contribution is -1.76. The lowest BCUT2D eigenvalue weighted by Gasteiger charge is -1.92. The molecule has 0 aliphatic carbocycles. The third-order valence-electron chi connectivity index (χ3n) is 2.52. The maximum atomic E-state index is 8.43. The van der Waals surface area contributed by atoms with Crippen LogP contribution in [-0.2, 0) is 6.42 Å². The summed E-state index contributed by atoms with van der Waals surface area (Å²) >= 11 is 0. The molecule has 0 fully saturated rings. The molecule has 4 nitrogen and oxygen atoms in total. The quantitative estimate of drug-likeness (QED) is 0.407. The molecule has 76 valence electrons. The molecule has 0 aliphatic rings. The van der Waals surface area contributed by atoms with Gasteiger partial charge in [0.1, 0.15) is 11.3 Å². The number of benzene rings is 1. The predicted octanol–water partition coefficient (Wildman–Crippen LogP) is 4.25. The van der Waals surface area contributed by atoms with Crippen molar-refractivity contribution in [2.75, 3.05) is 0 Å². The second kappa shape index (κ2) is 3.67. The van der Waals surface area contributed by atoms with Crippen molar-refractivity contribution in [1.29, 1.82) is 0 Å². The number of rotatable bonds is 2. The fourth-order valence-electron chi connectivity index (χ4n) is 1.74. The van der Waals surface area contributed by atoms with Gasteiger partial charge in [-0.1, -0.05) is 24.2 Å². The van der Waals surface area contributed by atoms with Gasteiger partial charge in [0.2, 0.25) is 0 Å². The summed E-state index contributed by atoms with van der Waals surface area (Å²) in [7, 11) is 0. The van der Waals surface area contributed by atoms with Gasteiger partial charge in [-0.15, -0.1) is 0 Å². The average Bonchev–Trinajstić information content (AvgIpc) is 2.58. The molecule has 0 aliphatic heterocycles. The molecule has 0 spiro atoms.